The average molecular weight is 351 g/mol. The fraction of sp³-hybridized carbons (Fsp3) is 0.263. The minimum Gasteiger partial charge on any atom is -0.494 e. The number of amides is 1. The fourth-order valence-electron chi connectivity index (χ4n) is 2.45. The van der Waals surface area contributed by atoms with Crippen LogP contribution in [0.15, 0.2) is 48.5 Å². The summed E-state index contributed by atoms with van der Waals surface area (Å²) in [6.45, 7) is 4.64. The normalized spacial score (nSPS) is 10.5. The van der Waals surface area contributed by atoms with Crippen LogP contribution in [0.4, 0.5) is 5.69 Å². The van der Waals surface area contributed by atoms with Crippen molar-refractivity contribution in [3.8, 4) is 17.1 Å². The first-order chi connectivity index (χ1) is 12.7. The molecule has 1 N–H and O–H groups in total. The van der Waals surface area contributed by atoms with Crippen molar-refractivity contribution >= 4 is 11.6 Å². The Hall–Kier alpha value is -3.22. The maximum absolute atomic E-state index is 12.1. The first kappa shape index (κ1) is 17.6. The Morgan fingerprint density at radius 1 is 1.08 bits per heavy atom. The first-order valence-electron chi connectivity index (χ1n) is 8.57. The molecule has 0 saturated heterocycles. The van der Waals surface area contributed by atoms with Gasteiger partial charge in [-0.05, 0) is 60.5 Å². The largest absolute Gasteiger partial charge is 0.494 e. The number of anilines is 1. The Morgan fingerprint density at radius 3 is 2.46 bits per heavy atom. The molecule has 0 spiro atoms. The molecule has 134 valence electrons. The van der Waals surface area contributed by atoms with E-state index < -0.39 is 0 Å². The van der Waals surface area contributed by atoms with E-state index in [2.05, 4.69) is 27.7 Å². The highest BCUT2D eigenvalue weighted by molar-refractivity contribution is 5.90. The van der Waals surface area contributed by atoms with Crippen LogP contribution >= 0.6 is 0 Å². The summed E-state index contributed by atoms with van der Waals surface area (Å²) in [6, 6.07) is 15.2. The second-order valence-corrected chi connectivity index (χ2v) is 5.70. The number of tetrazole rings is 1. The molecule has 3 rings (SSSR count). The van der Waals surface area contributed by atoms with E-state index in [1.165, 1.54) is 10.4 Å². The molecule has 26 heavy (non-hydrogen) atoms. The molecule has 0 radical (unpaired) electrons. The highest BCUT2D eigenvalue weighted by Crippen LogP contribution is 2.18. The lowest BCUT2D eigenvalue weighted by atomic mass is 10.1. The smallest absolute Gasteiger partial charge is 0.248 e. The lowest BCUT2D eigenvalue weighted by molar-refractivity contribution is -0.117. The van der Waals surface area contributed by atoms with E-state index in [1.54, 1.807) is 0 Å². The molecule has 0 bridgehead atoms. The number of aryl methyl sites for hydroxylation is 1. The van der Waals surface area contributed by atoms with Crippen molar-refractivity contribution in [1.82, 2.24) is 20.2 Å². The Labute approximate surface area is 152 Å². The number of benzene rings is 2. The van der Waals surface area contributed by atoms with Gasteiger partial charge in [0.1, 0.15) is 12.3 Å². The van der Waals surface area contributed by atoms with Gasteiger partial charge in [-0.15, -0.1) is 10.2 Å². The van der Waals surface area contributed by atoms with Crippen LogP contribution in [0, 0.1) is 0 Å². The molecule has 3 aromatic rings. The van der Waals surface area contributed by atoms with Crippen LogP contribution in [0.1, 0.15) is 19.4 Å². The van der Waals surface area contributed by atoms with Crippen molar-refractivity contribution < 1.29 is 9.53 Å². The van der Waals surface area contributed by atoms with E-state index >= 15 is 0 Å². The van der Waals surface area contributed by atoms with Gasteiger partial charge in [0.05, 0.1) is 6.61 Å². The standard InChI is InChI=1S/C19H21N5O2/c1-3-14-5-9-16(10-6-14)20-18(25)13-24-22-19(21-23-24)15-7-11-17(12-8-15)26-4-2/h5-12H,3-4,13H2,1-2H3,(H,20,25). The molecule has 0 fully saturated rings. The summed E-state index contributed by atoms with van der Waals surface area (Å²) in [6.07, 6.45) is 0.964. The van der Waals surface area contributed by atoms with E-state index in [4.69, 9.17) is 4.74 Å². The molecule has 0 aliphatic rings. The van der Waals surface area contributed by atoms with Crippen molar-refractivity contribution in [2.45, 2.75) is 26.8 Å². The van der Waals surface area contributed by atoms with Gasteiger partial charge in [-0.3, -0.25) is 4.79 Å². The maximum atomic E-state index is 12.1. The van der Waals surface area contributed by atoms with Crippen LogP contribution in [-0.4, -0.2) is 32.7 Å². The van der Waals surface area contributed by atoms with Crippen molar-refractivity contribution in [1.29, 1.82) is 0 Å². The van der Waals surface area contributed by atoms with E-state index in [9.17, 15) is 4.79 Å². The van der Waals surface area contributed by atoms with E-state index in [-0.39, 0.29) is 12.5 Å². The zero-order valence-electron chi connectivity index (χ0n) is 14.8. The maximum Gasteiger partial charge on any atom is 0.248 e. The summed E-state index contributed by atoms with van der Waals surface area (Å²) in [5.41, 5.74) is 2.79. The van der Waals surface area contributed by atoms with Crippen LogP contribution in [0.3, 0.4) is 0 Å². The van der Waals surface area contributed by atoms with Crippen LogP contribution < -0.4 is 10.1 Å². The molecule has 0 unspecified atom stereocenters. The minimum atomic E-state index is -0.204. The SMILES string of the molecule is CCOc1ccc(-c2nnn(CC(=O)Nc3ccc(CC)cc3)n2)cc1. The van der Waals surface area contributed by atoms with Gasteiger partial charge in [0.2, 0.25) is 11.7 Å². The highest BCUT2D eigenvalue weighted by atomic mass is 16.5. The Morgan fingerprint density at radius 2 is 1.81 bits per heavy atom. The summed E-state index contributed by atoms with van der Waals surface area (Å²) in [5.74, 6) is 1.05. The Balaban J connectivity index is 1.61. The molecule has 1 heterocycles. The first-order valence-corrected chi connectivity index (χ1v) is 8.57. The number of nitrogens with one attached hydrogen (secondary N) is 1. The van der Waals surface area contributed by atoms with Gasteiger partial charge >= 0.3 is 0 Å². The molecular weight excluding hydrogens is 330 g/mol. The number of rotatable bonds is 7. The van der Waals surface area contributed by atoms with Crippen molar-refractivity contribution in [2.24, 2.45) is 0 Å². The lowest BCUT2D eigenvalue weighted by Gasteiger charge is -2.05. The molecule has 2 aromatic carbocycles. The number of hydrogen-bond donors (Lipinski definition) is 1. The predicted octanol–water partition coefficient (Wildman–Crippen LogP) is 2.94. The van der Waals surface area contributed by atoms with Crippen LogP contribution in [0.5, 0.6) is 5.75 Å². The monoisotopic (exact) mass is 351 g/mol. The van der Waals surface area contributed by atoms with Gasteiger partial charge in [-0.1, -0.05) is 19.1 Å². The summed E-state index contributed by atoms with van der Waals surface area (Å²) in [4.78, 5) is 13.4. The second-order valence-electron chi connectivity index (χ2n) is 5.70. The third kappa shape index (κ3) is 4.44. The van der Waals surface area contributed by atoms with Gasteiger partial charge in [0.25, 0.3) is 0 Å². The fourth-order valence-corrected chi connectivity index (χ4v) is 2.45. The average Bonchev–Trinajstić information content (AvgIpc) is 3.11. The van der Waals surface area contributed by atoms with Crippen molar-refractivity contribution in [2.75, 3.05) is 11.9 Å². The molecule has 0 atom stereocenters. The zero-order chi connectivity index (χ0) is 18.4. The topological polar surface area (TPSA) is 81.9 Å². The van der Waals surface area contributed by atoms with Crippen molar-refractivity contribution in [3.05, 3.63) is 54.1 Å². The molecule has 1 amide bonds. The number of aromatic nitrogens is 4. The summed E-state index contributed by atoms with van der Waals surface area (Å²) in [5, 5.41) is 15.0. The minimum absolute atomic E-state index is 0.000438. The number of carbonyl (C=O) groups is 1. The van der Waals surface area contributed by atoms with Gasteiger partial charge in [0, 0.05) is 11.3 Å². The number of hydrogen-bond acceptors (Lipinski definition) is 5. The summed E-state index contributed by atoms with van der Waals surface area (Å²) >= 11 is 0. The molecule has 1 aromatic heterocycles. The molecule has 7 nitrogen and oxygen atoms in total. The number of ether oxygens (including phenoxy) is 1. The van der Waals surface area contributed by atoms with Crippen molar-refractivity contribution in [3.63, 3.8) is 0 Å². The van der Waals surface area contributed by atoms with Gasteiger partial charge < -0.3 is 10.1 Å². The third-order valence-electron chi connectivity index (χ3n) is 3.81. The molecule has 7 heteroatoms. The summed E-state index contributed by atoms with van der Waals surface area (Å²) < 4.78 is 5.41. The van der Waals surface area contributed by atoms with Crippen LogP contribution in [0.25, 0.3) is 11.4 Å². The van der Waals surface area contributed by atoms with Gasteiger partial charge in [-0.2, -0.15) is 4.80 Å². The summed E-state index contributed by atoms with van der Waals surface area (Å²) in [7, 11) is 0. The molecule has 0 saturated carbocycles. The predicted molar refractivity (Wildman–Crippen MR) is 98.9 cm³/mol. The van der Waals surface area contributed by atoms with E-state index in [0.29, 0.717) is 12.4 Å². The molecule has 0 aliphatic heterocycles. The Kier molecular flexibility index (Phi) is 5.58. The zero-order valence-corrected chi connectivity index (χ0v) is 14.8. The quantitative estimate of drug-likeness (QED) is 0.708. The van der Waals surface area contributed by atoms with Gasteiger partial charge in [-0.25, -0.2) is 0 Å². The number of carbonyl (C=O) groups excluding carboxylic acids is 1. The number of nitrogens with zero attached hydrogens (tertiary/aromatic N) is 4. The second kappa shape index (κ2) is 8.24. The third-order valence-corrected chi connectivity index (χ3v) is 3.81. The lowest BCUT2D eigenvalue weighted by Crippen LogP contribution is -2.20. The Bertz CT molecular complexity index is 856. The van der Waals surface area contributed by atoms with Crippen LogP contribution in [0.2, 0.25) is 0 Å². The highest BCUT2D eigenvalue weighted by Gasteiger charge is 2.10. The molecule has 0 aliphatic carbocycles. The van der Waals surface area contributed by atoms with Crippen LogP contribution in [-0.2, 0) is 17.8 Å². The molecular formula is C19H21N5O2. The van der Waals surface area contributed by atoms with E-state index in [1.807, 2.05) is 55.5 Å². The van der Waals surface area contributed by atoms with E-state index in [0.717, 1.165) is 23.4 Å². The van der Waals surface area contributed by atoms with Gasteiger partial charge in [0.15, 0.2) is 0 Å².